The van der Waals surface area contributed by atoms with Crippen molar-refractivity contribution in [1.82, 2.24) is 10.2 Å². The monoisotopic (exact) mass is 356 g/mol. The molecule has 1 unspecified atom stereocenters. The molecule has 6 heteroatoms. The number of nitrogens with zero attached hydrogens (tertiary/aromatic N) is 1. The van der Waals surface area contributed by atoms with Gasteiger partial charge in [0, 0.05) is 32.4 Å². The van der Waals surface area contributed by atoms with Gasteiger partial charge in [-0.3, -0.25) is 4.79 Å². The number of carbonyl (C=O) groups excluding carboxylic acids is 2. The number of alkyl carbamates (subject to hydrolysis) is 1. The molecule has 26 heavy (non-hydrogen) atoms. The molecule has 1 aliphatic carbocycles. The first-order chi connectivity index (χ1) is 12.5. The van der Waals surface area contributed by atoms with E-state index in [9.17, 15) is 9.59 Å². The van der Waals surface area contributed by atoms with Crippen molar-refractivity contribution < 1.29 is 19.1 Å². The van der Waals surface area contributed by atoms with Crippen molar-refractivity contribution in [3.8, 4) is 5.75 Å². The normalized spacial score (nSPS) is 27.5. The van der Waals surface area contributed by atoms with Gasteiger partial charge >= 0.3 is 6.09 Å². The Hall–Kier alpha value is -2.24. The van der Waals surface area contributed by atoms with Gasteiger partial charge in [0.2, 0.25) is 0 Å². The standard InChI is InChI=1S/C20H24N2O4/c1-13-4-2-5-14-12-15(25-16(13)14)17(23)22-10-8-20(9-11-22)19(6-3-7-19)21-18(24)26-20/h2,4-5,15H,3,6-12H2,1H3,(H,21,24). The van der Waals surface area contributed by atoms with Gasteiger partial charge in [0.05, 0.1) is 5.54 Å². The lowest BCUT2D eigenvalue weighted by molar-refractivity contribution is -0.144. The number of para-hydroxylation sites is 1. The molecule has 1 atom stereocenters. The lowest BCUT2D eigenvalue weighted by Gasteiger charge is -2.51. The minimum atomic E-state index is -0.435. The van der Waals surface area contributed by atoms with E-state index in [1.54, 1.807) is 0 Å². The van der Waals surface area contributed by atoms with E-state index < -0.39 is 11.7 Å². The topological polar surface area (TPSA) is 67.9 Å². The van der Waals surface area contributed by atoms with Crippen LogP contribution in [0.2, 0.25) is 0 Å². The van der Waals surface area contributed by atoms with Gasteiger partial charge in [0.15, 0.2) is 6.10 Å². The molecule has 3 fully saturated rings. The van der Waals surface area contributed by atoms with Crippen LogP contribution in [-0.4, -0.2) is 47.2 Å². The number of hydrogen-bond donors (Lipinski definition) is 1. The summed E-state index contributed by atoms with van der Waals surface area (Å²) >= 11 is 0. The number of aryl methyl sites for hydroxylation is 1. The number of amides is 2. The van der Waals surface area contributed by atoms with Crippen LogP contribution in [0.4, 0.5) is 4.79 Å². The maximum atomic E-state index is 13.0. The molecule has 2 spiro atoms. The van der Waals surface area contributed by atoms with Crippen molar-refractivity contribution >= 4 is 12.0 Å². The van der Waals surface area contributed by atoms with E-state index in [1.165, 1.54) is 0 Å². The predicted molar refractivity (Wildman–Crippen MR) is 94.0 cm³/mol. The molecule has 0 aromatic heterocycles. The summed E-state index contributed by atoms with van der Waals surface area (Å²) < 4.78 is 11.7. The Labute approximate surface area is 152 Å². The Bertz CT molecular complexity index is 778. The number of likely N-dealkylation sites (tertiary alicyclic amines) is 1. The number of carbonyl (C=O) groups is 2. The average Bonchev–Trinajstić information content (AvgIpc) is 3.15. The van der Waals surface area contributed by atoms with Crippen LogP contribution in [0.15, 0.2) is 18.2 Å². The highest BCUT2D eigenvalue weighted by atomic mass is 16.6. The molecule has 138 valence electrons. The highest BCUT2D eigenvalue weighted by Crippen LogP contribution is 2.51. The first-order valence-corrected chi connectivity index (χ1v) is 9.57. The summed E-state index contributed by atoms with van der Waals surface area (Å²) in [5, 5.41) is 3.06. The zero-order valence-corrected chi connectivity index (χ0v) is 15.0. The lowest BCUT2D eigenvalue weighted by Crippen LogP contribution is -2.65. The lowest BCUT2D eigenvalue weighted by atomic mass is 9.62. The van der Waals surface area contributed by atoms with Crippen molar-refractivity contribution in [2.45, 2.75) is 62.7 Å². The van der Waals surface area contributed by atoms with Crippen molar-refractivity contribution in [2.24, 2.45) is 0 Å². The Morgan fingerprint density at radius 2 is 2.00 bits per heavy atom. The van der Waals surface area contributed by atoms with Gasteiger partial charge in [-0.25, -0.2) is 4.79 Å². The molecule has 3 aliphatic heterocycles. The Kier molecular flexibility index (Phi) is 3.30. The molecule has 0 bridgehead atoms. The van der Waals surface area contributed by atoms with E-state index in [-0.39, 0.29) is 17.5 Å². The van der Waals surface area contributed by atoms with Crippen LogP contribution in [0.25, 0.3) is 0 Å². The van der Waals surface area contributed by atoms with Crippen LogP contribution in [0.1, 0.15) is 43.2 Å². The fraction of sp³-hybridized carbons (Fsp3) is 0.600. The molecular weight excluding hydrogens is 332 g/mol. The molecule has 1 aromatic rings. The van der Waals surface area contributed by atoms with Gasteiger partial charge in [0.1, 0.15) is 11.4 Å². The summed E-state index contributed by atoms with van der Waals surface area (Å²) in [6, 6.07) is 6.05. The summed E-state index contributed by atoms with van der Waals surface area (Å²) in [4.78, 5) is 26.7. The quantitative estimate of drug-likeness (QED) is 0.839. The van der Waals surface area contributed by atoms with E-state index in [1.807, 2.05) is 30.0 Å². The number of piperidine rings is 1. The smallest absolute Gasteiger partial charge is 0.408 e. The van der Waals surface area contributed by atoms with E-state index in [0.717, 1.165) is 36.1 Å². The molecule has 4 aliphatic rings. The summed E-state index contributed by atoms with van der Waals surface area (Å²) in [5.74, 6) is 0.914. The molecule has 1 aromatic carbocycles. The molecule has 5 rings (SSSR count). The molecule has 2 amide bonds. The van der Waals surface area contributed by atoms with Gasteiger partial charge in [-0.2, -0.15) is 0 Å². The number of benzene rings is 1. The van der Waals surface area contributed by atoms with Crippen molar-refractivity contribution in [3.05, 3.63) is 29.3 Å². The van der Waals surface area contributed by atoms with Gasteiger partial charge in [0.25, 0.3) is 5.91 Å². The first kappa shape index (κ1) is 16.0. The minimum absolute atomic E-state index is 0.0513. The fourth-order valence-electron chi connectivity index (χ4n) is 5.16. The minimum Gasteiger partial charge on any atom is -0.480 e. The summed E-state index contributed by atoms with van der Waals surface area (Å²) in [6.07, 6.45) is 4.41. The molecule has 1 saturated carbocycles. The largest absolute Gasteiger partial charge is 0.480 e. The van der Waals surface area contributed by atoms with Crippen molar-refractivity contribution in [2.75, 3.05) is 13.1 Å². The maximum Gasteiger partial charge on any atom is 0.408 e. The molecule has 3 heterocycles. The molecule has 0 radical (unpaired) electrons. The van der Waals surface area contributed by atoms with Crippen LogP contribution >= 0.6 is 0 Å². The van der Waals surface area contributed by atoms with Crippen molar-refractivity contribution in [3.63, 3.8) is 0 Å². The third-order valence-corrected chi connectivity index (χ3v) is 6.83. The number of ether oxygens (including phenoxy) is 2. The van der Waals surface area contributed by atoms with E-state index >= 15 is 0 Å². The third-order valence-electron chi connectivity index (χ3n) is 6.83. The molecule has 6 nitrogen and oxygen atoms in total. The van der Waals surface area contributed by atoms with Crippen LogP contribution in [0.3, 0.4) is 0 Å². The second kappa shape index (κ2) is 5.38. The van der Waals surface area contributed by atoms with Crippen LogP contribution < -0.4 is 10.1 Å². The van der Waals surface area contributed by atoms with Gasteiger partial charge < -0.3 is 19.7 Å². The number of hydrogen-bond acceptors (Lipinski definition) is 4. The van der Waals surface area contributed by atoms with Crippen LogP contribution in [-0.2, 0) is 16.0 Å². The van der Waals surface area contributed by atoms with E-state index in [2.05, 4.69) is 5.32 Å². The SMILES string of the molecule is Cc1cccc2c1OC(C(=O)N1CCC3(CC1)OC(=O)NC31CCC1)C2. The fourth-order valence-corrected chi connectivity index (χ4v) is 5.16. The van der Waals surface area contributed by atoms with Gasteiger partial charge in [-0.05, 0) is 37.3 Å². The Balaban J connectivity index is 1.27. The zero-order chi connectivity index (χ0) is 17.9. The molecule has 1 N–H and O–H groups in total. The highest BCUT2D eigenvalue weighted by molar-refractivity contribution is 5.83. The first-order valence-electron chi connectivity index (χ1n) is 9.57. The molecular formula is C20H24N2O4. The average molecular weight is 356 g/mol. The number of fused-ring (bicyclic) bond motifs is 2. The van der Waals surface area contributed by atoms with Gasteiger partial charge in [-0.1, -0.05) is 18.2 Å². The number of nitrogens with one attached hydrogen (secondary N) is 1. The summed E-state index contributed by atoms with van der Waals surface area (Å²) in [5.41, 5.74) is 1.55. The van der Waals surface area contributed by atoms with Gasteiger partial charge in [-0.15, -0.1) is 0 Å². The third kappa shape index (κ3) is 2.10. The summed E-state index contributed by atoms with van der Waals surface area (Å²) in [7, 11) is 0. The Morgan fingerprint density at radius 3 is 2.65 bits per heavy atom. The zero-order valence-electron chi connectivity index (χ0n) is 15.0. The van der Waals surface area contributed by atoms with E-state index in [0.29, 0.717) is 32.4 Å². The Morgan fingerprint density at radius 1 is 1.23 bits per heavy atom. The van der Waals surface area contributed by atoms with Crippen LogP contribution in [0, 0.1) is 6.92 Å². The molecule has 2 saturated heterocycles. The second-order valence-electron chi connectivity index (χ2n) is 8.14. The number of rotatable bonds is 1. The predicted octanol–water partition coefficient (Wildman–Crippen LogP) is 2.32. The maximum absolute atomic E-state index is 13.0. The summed E-state index contributed by atoms with van der Waals surface area (Å²) in [6.45, 7) is 3.24. The second-order valence-corrected chi connectivity index (χ2v) is 8.14. The van der Waals surface area contributed by atoms with E-state index in [4.69, 9.17) is 9.47 Å². The highest BCUT2D eigenvalue weighted by Gasteiger charge is 2.63. The van der Waals surface area contributed by atoms with Crippen molar-refractivity contribution in [1.29, 1.82) is 0 Å². The van der Waals surface area contributed by atoms with Crippen LogP contribution in [0.5, 0.6) is 5.75 Å².